The summed E-state index contributed by atoms with van der Waals surface area (Å²) in [6.45, 7) is 6.36. The quantitative estimate of drug-likeness (QED) is 0.336. The number of methoxy groups -OCH3 is 2. The van der Waals surface area contributed by atoms with Crippen LogP contribution in [-0.4, -0.2) is 63.0 Å². The van der Waals surface area contributed by atoms with E-state index in [0.717, 1.165) is 14.2 Å². The van der Waals surface area contributed by atoms with Gasteiger partial charge in [0.05, 0.1) is 14.2 Å². The Bertz CT molecular complexity index is 847. The first-order chi connectivity index (χ1) is 15.3. The monoisotopic (exact) mass is 471 g/mol. The summed E-state index contributed by atoms with van der Waals surface area (Å²) in [6, 6.07) is 3.09. The summed E-state index contributed by atoms with van der Waals surface area (Å²) in [5.74, 6) is -1.01. The van der Waals surface area contributed by atoms with Crippen LogP contribution in [0.4, 0.5) is 14.4 Å². The van der Waals surface area contributed by atoms with Gasteiger partial charge in [-0.1, -0.05) is 6.07 Å². The average Bonchev–Trinajstić information content (AvgIpc) is 2.71. The number of rotatable bonds is 8. The molecule has 0 radical (unpaired) electrons. The van der Waals surface area contributed by atoms with Crippen molar-refractivity contribution in [3.8, 4) is 11.5 Å². The number of ether oxygens (including phenoxy) is 7. The van der Waals surface area contributed by atoms with Crippen LogP contribution in [0.1, 0.15) is 33.3 Å². The Hall–Kier alpha value is -3.54. The van der Waals surface area contributed by atoms with Gasteiger partial charge in [-0.25, -0.2) is 14.4 Å². The lowest BCUT2D eigenvalue weighted by Gasteiger charge is -2.21. The van der Waals surface area contributed by atoms with Gasteiger partial charge in [-0.15, -0.1) is 0 Å². The fourth-order valence-electron chi connectivity index (χ4n) is 2.22. The molecule has 0 saturated carbocycles. The number of benzene rings is 1. The van der Waals surface area contributed by atoms with E-state index < -0.39 is 42.2 Å². The third kappa shape index (κ3) is 10.5. The molecule has 33 heavy (non-hydrogen) atoms. The SMILES string of the molecule is COC(=O)Oc1ccc(C[C@H](N)C(=O)OC[C@H](C)OC(=O)OC(C)(C)C)cc1OC(=O)OC. The first-order valence-electron chi connectivity index (χ1n) is 9.81. The van der Waals surface area contributed by atoms with Crippen LogP contribution in [-0.2, 0) is 34.9 Å². The van der Waals surface area contributed by atoms with Crippen LogP contribution in [0.2, 0.25) is 0 Å². The van der Waals surface area contributed by atoms with Gasteiger partial charge in [0.1, 0.15) is 24.4 Å². The molecule has 0 saturated heterocycles. The van der Waals surface area contributed by atoms with E-state index in [4.69, 9.17) is 29.4 Å². The van der Waals surface area contributed by atoms with E-state index in [-0.39, 0.29) is 24.5 Å². The lowest BCUT2D eigenvalue weighted by Crippen LogP contribution is -2.36. The summed E-state index contributed by atoms with van der Waals surface area (Å²) in [5, 5.41) is 0. The van der Waals surface area contributed by atoms with Crippen LogP contribution in [0.25, 0.3) is 0 Å². The maximum atomic E-state index is 12.2. The van der Waals surface area contributed by atoms with Crippen LogP contribution in [0.15, 0.2) is 18.2 Å². The van der Waals surface area contributed by atoms with Gasteiger partial charge in [0, 0.05) is 0 Å². The van der Waals surface area contributed by atoms with Crippen molar-refractivity contribution >= 4 is 24.4 Å². The fourth-order valence-corrected chi connectivity index (χ4v) is 2.22. The number of esters is 1. The summed E-state index contributed by atoms with van der Waals surface area (Å²) in [4.78, 5) is 46.7. The predicted octanol–water partition coefficient (Wildman–Crippen LogP) is 2.73. The second-order valence-corrected chi connectivity index (χ2v) is 7.73. The highest BCUT2D eigenvalue weighted by molar-refractivity contribution is 5.76. The van der Waals surface area contributed by atoms with Gasteiger partial charge in [-0.2, -0.15) is 0 Å². The van der Waals surface area contributed by atoms with Crippen LogP contribution in [0.3, 0.4) is 0 Å². The van der Waals surface area contributed by atoms with Gasteiger partial charge in [0.15, 0.2) is 11.5 Å². The summed E-state index contributed by atoms with van der Waals surface area (Å²) in [6.07, 6.45) is -3.73. The minimum Gasteiger partial charge on any atom is -0.461 e. The summed E-state index contributed by atoms with van der Waals surface area (Å²) in [5.41, 5.74) is 5.64. The number of nitrogens with two attached hydrogens (primary N) is 1. The summed E-state index contributed by atoms with van der Waals surface area (Å²) < 4.78 is 33.8. The minimum atomic E-state index is -1.09. The number of carbonyl (C=O) groups excluding carboxylic acids is 4. The zero-order chi connectivity index (χ0) is 25.2. The number of hydrogen-bond donors (Lipinski definition) is 1. The van der Waals surface area contributed by atoms with Crippen LogP contribution >= 0.6 is 0 Å². The molecule has 0 fully saturated rings. The van der Waals surface area contributed by atoms with E-state index in [1.54, 1.807) is 20.8 Å². The first-order valence-corrected chi connectivity index (χ1v) is 9.81. The Labute approximate surface area is 191 Å². The zero-order valence-corrected chi connectivity index (χ0v) is 19.4. The predicted molar refractivity (Wildman–Crippen MR) is 112 cm³/mol. The van der Waals surface area contributed by atoms with Crippen molar-refractivity contribution in [1.82, 2.24) is 0 Å². The van der Waals surface area contributed by atoms with Crippen molar-refractivity contribution in [3.63, 3.8) is 0 Å². The third-order valence-electron chi connectivity index (χ3n) is 3.63. The molecule has 0 amide bonds. The standard InChI is InChI=1S/C21H29NO11/c1-12(30-20(26)33-21(2,3)4)11-29-17(23)14(22)9-13-7-8-15(31-18(24)27-5)16(10-13)32-19(25)28-6/h7-8,10,12,14H,9,11,22H2,1-6H3/t12-,14-/m0/s1. The second kappa shape index (κ2) is 12.5. The average molecular weight is 471 g/mol. The number of carbonyl (C=O) groups is 4. The normalized spacial score (nSPS) is 12.6. The van der Waals surface area contributed by atoms with Crippen molar-refractivity contribution in [2.45, 2.75) is 51.9 Å². The fraction of sp³-hybridized carbons (Fsp3) is 0.524. The van der Waals surface area contributed by atoms with Crippen LogP contribution in [0, 0.1) is 0 Å². The van der Waals surface area contributed by atoms with Crippen molar-refractivity contribution in [2.75, 3.05) is 20.8 Å². The molecular formula is C21H29NO11. The molecule has 1 aromatic rings. The summed E-state index contributed by atoms with van der Waals surface area (Å²) >= 11 is 0. The molecule has 0 aromatic heterocycles. The van der Waals surface area contributed by atoms with E-state index >= 15 is 0 Å². The van der Waals surface area contributed by atoms with Gasteiger partial charge >= 0.3 is 24.4 Å². The largest absolute Gasteiger partial charge is 0.513 e. The first kappa shape index (κ1) is 27.5. The van der Waals surface area contributed by atoms with E-state index in [1.807, 2.05) is 0 Å². The molecule has 12 nitrogen and oxygen atoms in total. The molecule has 0 spiro atoms. The van der Waals surface area contributed by atoms with Gasteiger partial charge in [0.2, 0.25) is 0 Å². The molecule has 12 heteroatoms. The minimum absolute atomic E-state index is 0.00380. The molecule has 0 aliphatic carbocycles. The molecule has 0 unspecified atom stereocenters. The Morgan fingerprint density at radius 3 is 2.06 bits per heavy atom. The smallest absolute Gasteiger partial charge is 0.461 e. The van der Waals surface area contributed by atoms with Gasteiger partial charge in [-0.05, 0) is 51.8 Å². The van der Waals surface area contributed by atoms with Crippen molar-refractivity contribution in [3.05, 3.63) is 23.8 Å². The van der Waals surface area contributed by atoms with E-state index in [1.165, 1.54) is 25.1 Å². The molecule has 1 rings (SSSR count). The molecule has 0 heterocycles. The second-order valence-electron chi connectivity index (χ2n) is 7.73. The highest BCUT2D eigenvalue weighted by Gasteiger charge is 2.23. The van der Waals surface area contributed by atoms with Crippen molar-refractivity contribution in [2.24, 2.45) is 5.73 Å². The van der Waals surface area contributed by atoms with Gasteiger partial charge < -0.3 is 38.9 Å². The van der Waals surface area contributed by atoms with E-state index in [2.05, 4.69) is 9.47 Å². The molecule has 0 aliphatic rings. The highest BCUT2D eigenvalue weighted by Crippen LogP contribution is 2.29. The Balaban J connectivity index is 2.72. The maximum absolute atomic E-state index is 12.2. The molecule has 1 aromatic carbocycles. The molecule has 184 valence electrons. The number of hydrogen-bond acceptors (Lipinski definition) is 12. The molecule has 2 atom stereocenters. The molecule has 0 bridgehead atoms. The molecule has 0 aliphatic heterocycles. The van der Waals surface area contributed by atoms with Crippen LogP contribution in [0.5, 0.6) is 11.5 Å². The van der Waals surface area contributed by atoms with Gasteiger partial charge in [0.25, 0.3) is 0 Å². The molecule has 2 N–H and O–H groups in total. The maximum Gasteiger partial charge on any atom is 0.513 e. The zero-order valence-electron chi connectivity index (χ0n) is 19.4. The van der Waals surface area contributed by atoms with Crippen molar-refractivity contribution < 1.29 is 52.3 Å². The lowest BCUT2D eigenvalue weighted by atomic mass is 10.1. The van der Waals surface area contributed by atoms with Crippen molar-refractivity contribution in [1.29, 1.82) is 0 Å². The Kier molecular flexibility index (Phi) is 10.4. The van der Waals surface area contributed by atoms with E-state index in [0.29, 0.717) is 5.56 Å². The summed E-state index contributed by atoms with van der Waals surface area (Å²) in [7, 11) is 2.22. The topological polar surface area (TPSA) is 159 Å². The lowest BCUT2D eigenvalue weighted by molar-refractivity contribution is -0.148. The van der Waals surface area contributed by atoms with Crippen LogP contribution < -0.4 is 15.2 Å². The Morgan fingerprint density at radius 1 is 0.939 bits per heavy atom. The highest BCUT2D eigenvalue weighted by atomic mass is 16.7. The van der Waals surface area contributed by atoms with Gasteiger partial charge in [-0.3, -0.25) is 4.79 Å². The van der Waals surface area contributed by atoms with E-state index in [9.17, 15) is 19.2 Å². The Morgan fingerprint density at radius 2 is 1.52 bits per heavy atom. The third-order valence-corrected chi connectivity index (χ3v) is 3.63. The molecular weight excluding hydrogens is 442 g/mol.